The van der Waals surface area contributed by atoms with Gasteiger partial charge in [0.25, 0.3) is 0 Å². The van der Waals surface area contributed by atoms with Crippen LogP contribution in [-0.2, 0) is 30.6 Å². The van der Waals surface area contributed by atoms with E-state index in [-0.39, 0.29) is 42.7 Å². The molecule has 4 aromatic rings. The largest absolute Gasteiger partial charge is 0.333 e. The number of carbonyl (C=O) groups excluding carboxylic acids is 1. The predicted octanol–water partition coefficient (Wildman–Crippen LogP) is 6.11. The van der Waals surface area contributed by atoms with Gasteiger partial charge >= 0.3 is 0 Å². The van der Waals surface area contributed by atoms with Crippen molar-refractivity contribution < 1.29 is 13.6 Å². The molecule has 0 saturated heterocycles. The molecule has 0 N–H and O–H groups in total. The van der Waals surface area contributed by atoms with Gasteiger partial charge in [-0.15, -0.1) is 0 Å². The zero-order chi connectivity index (χ0) is 26.1. The standard InChI is InChI=1S/C33H30F2N2O/c34-30-15-7-4-12-26(30)21-37(27-19-24-10-1-2-11-25(24)20-27)32(38)22-36-18-17-23-9-3-5-13-28(23)33(36)29-14-6-8-16-31(29)35/h1-16,27,33H,17-22H2/t33-/m1/s1. The monoisotopic (exact) mass is 508 g/mol. The van der Waals surface area contributed by atoms with Crippen LogP contribution in [0.15, 0.2) is 97.1 Å². The Morgan fingerprint density at radius 2 is 1.32 bits per heavy atom. The fourth-order valence-corrected chi connectivity index (χ4v) is 6.10. The third-order valence-corrected chi connectivity index (χ3v) is 8.01. The van der Waals surface area contributed by atoms with Crippen molar-refractivity contribution in [1.29, 1.82) is 0 Å². The first-order valence-electron chi connectivity index (χ1n) is 13.2. The molecule has 4 aromatic carbocycles. The van der Waals surface area contributed by atoms with Gasteiger partial charge in [0.2, 0.25) is 5.91 Å². The molecule has 38 heavy (non-hydrogen) atoms. The van der Waals surface area contributed by atoms with Crippen LogP contribution in [0.4, 0.5) is 8.78 Å². The van der Waals surface area contributed by atoms with Crippen LogP contribution in [0.5, 0.6) is 0 Å². The minimum absolute atomic E-state index is 0.0523. The highest BCUT2D eigenvalue weighted by atomic mass is 19.1. The summed E-state index contributed by atoms with van der Waals surface area (Å²) >= 11 is 0. The number of hydrogen-bond donors (Lipinski definition) is 0. The Kier molecular flexibility index (Phi) is 6.77. The van der Waals surface area contributed by atoms with E-state index in [1.165, 1.54) is 28.8 Å². The van der Waals surface area contributed by atoms with Gasteiger partial charge in [-0.25, -0.2) is 8.78 Å². The van der Waals surface area contributed by atoms with Gasteiger partial charge in [-0.05, 0) is 53.6 Å². The van der Waals surface area contributed by atoms with Crippen molar-refractivity contribution in [3.63, 3.8) is 0 Å². The fraction of sp³-hybridized carbons (Fsp3) is 0.242. The highest BCUT2D eigenvalue weighted by Gasteiger charge is 2.35. The third-order valence-electron chi connectivity index (χ3n) is 8.01. The van der Waals surface area contributed by atoms with Crippen LogP contribution < -0.4 is 0 Å². The molecule has 0 saturated carbocycles. The molecule has 0 bridgehead atoms. The third kappa shape index (κ3) is 4.74. The van der Waals surface area contributed by atoms with Crippen molar-refractivity contribution in [2.75, 3.05) is 13.1 Å². The number of amides is 1. The van der Waals surface area contributed by atoms with E-state index in [2.05, 4.69) is 23.1 Å². The van der Waals surface area contributed by atoms with Crippen molar-refractivity contribution in [1.82, 2.24) is 9.80 Å². The highest BCUT2D eigenvalue weighted by Crippen LogP contribution is 2.36. The van der Waals surface area contributed by atoms with E-state index < -0.39 is 0 Å². The van der Waals surface area contributed by atoms with Crippen LogP contribution in [-0.4, -0.2) is 34.8 Å². The molecular formula is C33H30F2N2O. The summed E-state index contributed by atoms with van der Waals surface area (Å²) in [5.41, 5.74) is 5.76. The van der Waals surface area contributed by atoms with Gasteiger partial charge in [0, 0.05) is 30.3 Å². The van der Waals surface area contributed by atoms with Crippen molar-refractivity contribution in [2.45, 2.75) is 37.9 Å². The smallest absolute Gasteiger partial charge is 0.237 e. The molecule has 2 aliphatic rings. The molecule has 1 aliphatic carbocycles. The lowest BCUT2D eigenvalue weighted by Gasteiger charge is -2.39. The molecule has 192 valence electrons. The first kappa shape index (κ1) is 24.5. The predicted molar refractivity (Wildman–Crippen MR) is 145 cm³/mol. The number of nitrogens with zero attached hydrogens (tertiary/aromatic N) is 2. The number of hydrogen-bond acceptors (Lipinski definition) is 2. The van der Waals surface area contributed by atoms with E-state index in [4.69, 9.17) is 0 Å². The Balaban J connectivity index is 1.32. The first-order chi connectivity index (χ1) is 18.6. The van der Waals surface area contributed by atoms with Crippen molar-refractivity contribution in [2.24, 2.45) is 0 Å². The van der Waals surface area contributed by atoms with Gasteiger partial charge in [-0.1, -0.05) is 84.9 Å². The highest BCUT2D eigenvalue weighted by molar-refractivity contribution is 5.79. The molecular weight excluding hydrogens is 478 g/mol. The SMILES string of the molecule is O=C(CN1CCc2ccccc2[C@@H]1c1ccccc1F)N(Cc1ccccc1F)C1Cc2ccccc2C1. The topological polar surface area (TPSA) is 23.6 Å². The van der Waals surface area contributed by atoms with Crippen LogP contribution in [0.1, 0.15) is 39.4 Å². The molecule has 0 aromatic heterocycles. The zero-order valence-electron chi connectivity index (χ0n) is 21.2. The van der Waals surface area contributed by atoms with Crippen LogP contribution in [0.25, 0.3) is 0 Å². The van der Waals surface area contributed by atoms with Crippen molar-refractivity contribution >= 4 is 5.91 Å². The molecule has 0 radical (unpaired) electrons. The van der Waals surface area contributed by atoms with Gasteiger partial charge < -0.3 is 4.90 Å². The Morgan fingerprint density at radius 3 is 2.00 bits per heavy atom. The Bertz CT molecular complexity index is 1440. The van der Waals surface area contributed by atoms with E-state index >= 15 is 4.39 Å². The lowest BCUT2D eigenvalue weighted by molar-refractivity contribution is -0.136. The maximum absolute atomic E-state index is 15.1. The van der Waals surface area contributed by atoms with E-state index in [0.717, 1.165) is 24.8 Å². The summed E-state index contributed by atoms with van der Waals surface area (Å²) in [6, 6.07) is 29.4. The van der Waals surface area contributed by atoms with Gasteiger partial charge in [0.15, 0.2) is 0 Å². The summed E-state index contributed by atoms with van der Waals surface area (Å²) in [4.78, 5) is 18.0. The van der Waals surface area contributed by atoms with E-state index in [1.54, 1.807) is 24.3 Å². The summed E-state index contributed by atoms with van der Waals surface area (Å²) < 4.78 is 29.8. The second-order valence-electron chi connectivity index (χ2n) is 10.3. The number of halogens is 2. The minimum Gasteiger partial charge on any atom is -0.333 e. The fourth-order valence-electron chi connectivity index (χ4n) is 6.10. The van der Waals surface area contributed by atoms with Crippen LogP contribution in [0, 0.1) is 11.6 Å². The summed E-state index contributed by atoms with van der Waals surface area (Å²) in [6.07, 6.45) is 2.28. The molecule has 1 heterocycles. The molecule has 1 aliphatic heterocycles. The summed E-state index contributed by atoms with van der Waals surface area (Å²) in [5.74, 6) is -0.648. The van der Waals surface area contributed by atoms with E-state index in [1.807, 2.05) is 47.4 Å². The van der Waals surface area contributed by atoms with E-state index in [0.29, 0.717) is 17.7 Å². The molecule has 1 amide bonds. The Hall–Kier alpha value is -3.83. The number of fused-ring (bicyclic) bond motifs is 2. The quantitative estimate of drug-likeness (QED) is 0.314. The maximum Gasteiger partial charge on any atom is 0.237 e. The average Bonchev–Trinajstić information content (AvgIpc) is 3.37. The summed E-state index contributed by atoms with van der Waals surface area (Å²) in [5, 5.41) is 0. The number of carbonyl (C=O) groups is 1. The number of benzene rings is 4. The average molecular weight is 509 g/mol. The van der Waals surface area contributed by atoms with Crippen molar-refractivity contribution in [3.8, 4) is 0 Å². The lowest BCUT2D eigenvalue weighted by atomic mass is 9.88. The van der Waals surface area contributed by atoms with Crippen LogP contribution >= 0.6 is 0 Å². The molecule has 0 fully saturated rings. The number of rotatable bonds is 6. The van der Waals surface area contributed by atoms with Crippen LogP contribution in [0.3, 0.4) is 0 Å². The molecule has 3 nitrogen and oxygen atoms in total. The summed E-state index contributed by atoms with van der Waals surface area (Å²) in [7, 11) is 0. The van der Waals surface area contributed by atoms with Gasteiger partial charge in [0.05, 0.1) is 12.6 Å². The lowest BCUT2D eigenvalue weighted by Crippen LogP contribution is -2.48. The van der Waals surface area contributed by atoms with Gasteiger partial charge in [0.1, 0.15) is 11.6 Å². The Morgan fingerprint density at radius 1 is 0.737 bits per heavy atom. The second kappa shape index (κ2) is 10.5. The minimum atomic E-state index is -0.360. The molecule has 0 unspecified atom stereocenters. The zero-order valence-corrected chi connectivity index (χ0v) is 21.2. The Labute approximate surface area is 222 Å². The second-order valence-corrected chi connectivity index (χ2v) is 10.3. The molecule has 5 heteroatoms. The van der Waals surface area contributed by atoms with E-state index in [9.17, 15) is 9.18 Å². The normalized spacial score (nSPS) is 17.2. The molecule has 6 rings (SSSR count). The molecule has 0 spiro atoms. The van der Waals surface area contributed by atoms with Crippen molar-refractivity contribution in [3.05, 3.63) is 142 Å². The summed E-state index contributed by atoms with van der Waals surface area (Å²) in [6.45, 7) is 0.980. The van der Waals surface area contributed by atoms with Gasteiger partial charge in [-0.3, -0.25) is 9.69 Å². The van der Waals surface area contributed by atoms with Crippen LogP contribution in [0.2, 0.25) is 0 Å². The first-order valence-corrected chi connectivity index (χ1v) is 13.2. The van der Waals surface area contributed by atoms with Gasteiger partial charge in [-0.2, -0.15) is 0 Å². The molecule has 1 atom stereocenters. The maximum atomic E-state index is 15.1.